The Hall–Kier alpha value is -0.270. The number of hydrogen-bond donors (Lipinski definition) is 1. The highest BCUT2D eigenvalue weighted by molar-refractivity contribution is 9.10. The maximum atomic E-state index is 10.6. The van der Waals surface area contributed by atoms with Gasteiger partial charge in [0.2, 0.25) is 0 Å². The Balaban J connectivity index is 2.11. The third-order valence-electron chi connectivity index (χ3n) is 3.33. The van der Waals surface area contributed by atoms with Gasteiger partial charge in [-0.25, -0.2) is 4.21 Å². The van der Waals surface area contributed by atoms with Crippen LogP contribution in [0.15, 0.2) is 28.7 Å². The second-order valence-electron chi connectivity index (χ2n) is 4.44. The summed E-state index contributed by atoms with van der Waals surface area (Å²) in [4.78, 5) is 0. The zero-order valence-electron chi connectivity index (χ0n) is 9.97. The highest BCUT2D eigenvalue weighted by Gasteiger charge is 2.33. The molecule has 1 heterocycles. The molecule has 1 saturated heterocycles. The lowest BCUT2D eigenvalue weighted by molar-refractivity contribution is 0.143. The molecule has 0 aliphatic carbocycles. The van der Waals surface area contributed by atoms with Crippen LogP contribution in [0.1, 0.15) is 24.9 Å². The monoisotopic (exact) mass is 332 g/mol. The van der Waals surface area contributed by atoms with E-state index in [0.717, 1.165) is 23.0 Å². The molecule has 18 heavy (non-hydrogen) atoms. The van der Waals surface area contributed by atoms with E-state index >= 15 is 0 Å². The molecule has 4 unspecified atom stereocenters. The van der Waals surface area contributed by atoms with Gasteiger partial charge in [0.05, 0.1) is 17.5 Å². The summed E-state index contributed by atoms with van der Waals surface area (Å²) in [5, 5.41) is 3.40. The number of benzene rings is 1. The van der Waals surface area contributed by atoms with Gasteiger partial charge in [0.25, 0.3) is 0 Å². The highest BCUT2D eigenvalue weighted by Crippen LogP contribution is 2.33. The van der Waals surface area contributed by atoms with E-state index in [9.17, 15) is 8.76 Å². The van der Waals surface area contributed by atoms with Crippen LogP contribution in [-0.4, -0.2) is 21.4 Å². The van der Waals surface area contributed by atoms with E-state index in [1.807, 2.05) is 24.3 Å². The Morgan fingerprint density at radius 1 is 1.50 bits per heavy atom. The molecule has 1 N–H and O–H groups in total. The van der Waals surface area contributed by atoms with Crippen LogP contribution in [-0.2, 0) is 15.5 Å². The van der Waals surface area contributed by atoms with Crippen molar-refractivity contribution in [3.05, 3.63) is 34.3 Å². The van der Waals surface area contributed by atoms with Crippen molar-refractivity contribution in [2.75, 3.05) is 6.54 Å². The van der Waals surface area contributed by atoms with Crippen molar-refractivity contribution in [1.82, 2.24) is 5.32 Å². The molecule has 4 atom stereocenters. The van der Waals surface area contributed by atoms with Gasteiger partial charge in [-0.05, 0) is 37.6 Å². The first-order valence-corrected chi connectivity index (χ1v) is 7.62. The van der Waals surface area contributed by atoms with E-state index in [0.29, 0.717) is 0 Å². The van der Waals surface area contributed by atoms with Crippen LogP contribution in [0.25, 0.3) is 0 Å². The van der Waals surface area contributed by atoms with Gasteiger partial charge in [-0.3, -0.25) is 4.18 Å². The Morgan fingerprint density at radius 2 is 2.17 bits per heavy atom. The molecule has 0 aromatic heterocycles. The summed E-state index contributed by atoms with van der Waals surface area (Å²) in [6.45, 7) is 2.68. The standard InChI is InChI=1S/C12H16BrNO3S/c1-8(17-18(15)16)11-6-7-14-12(11)9-2-4-10(13)5-3-9/h2-5,8,11-12,14H,6-7H2,1H3,(H,15,16)/p-1. The Kier molecular flexibility index (Phi) is 4.91. The average molecular weight is 333 g/mol. The SMILES string of the molecule is CC(OS(=O)[O-])C1CCNC1c1ccc(Br)cc1. The maximum Gasteiger partial charge on any atom is 0.0844 e. The molecule has 6 heteroatoms. The van der Waals surface area contributed by atoms with Crippen molar-refractivity contribution in [2.24, 2.45) is 5.92 Å². The van der Waals surface area contributed by atoms with Crippen molar-refractivity contribution < 1.29 is 12.9 Å². The zero-order valence-corrected chi connectivity index (χ0v) is 12.4. The van der Waals surface area contributed by atoms with E-state index in [1.165, 1.54) is 0 Å². The highest BCUT2D eigenvalue weighted by atomic mass is 79.9. The maximum absolute atomic E-state index is 10.6. The van der Waals surface area contributed by atoms with Crippen LogP contribution in [0.4, 0.5) is 0 Å². The topological polar surface area (TPSA) is 61.4 Å². The lowest BCUT2D eigenvalue weighted by Crippen LogP contribution is -2.27. The molecule has 1 aliphatic rings. The zero-order chi connectivity index (χ0) is 13.1. The lowest BCUT2D eigenvalue weighted by Gasteiger charge is -2.26. The summed E-state index contributed by atoms with van der Waals surface area (Å²) in [6.07, 6.45) is 0.603. The molecule has 0 saturated carbocycles. The van der Waals surface area contributed by atoms with E-state index in [2.05, 4.69) is 21.2 Å². The number of halogens is 1. The van der Waals surface area contributed by atoms with Crippen molar-refractivity contribution in [3.63, 3.8) is 0 Å². The Labute approximate surface area is 118 Å². The normalized spacial score (nSPS) is 27.1. The average Bonchev–Trinajstić information content (AvgIpc) is 2.78. The number of hydrogen-bond acceptors (Lipinski definition) is 4. The molecule has 4 nitrogen and oxygen atoms in total. The summed E-state index contributed by atoms with van der Waals surface area (Å²) in [5.74, 6) is 0.170. The lowest BCUT2D eigenvalue weighted by atomic mass is 9.90. The van der Waals surface area contributed by atoms with Crippen molar-refractivity contribution in [3.8, 4) is 0 Å². The minimum atomic E-state index is -2.45. The molecule has 1 fully saturated rings. The fraction of sp³-hybridized carbons (Fsp3) is 0.500. The fourth-order valence-corrected chi connectivity index (χ4v) is 3.11. The Bertz CT molecular complexity index is 426. The van der Waals surface area contributed by atoms with Gasteiger partial charge in [-0.15, -0.1) is 0 Å². The van der Waals surface area contributed by atoms with E-state index in [1.54, 1.807) is 6.92 Å². The Morgan fingerprint density at radius 3 is 2.78 bits per heavy atom. The molecule has 0 amide bonds. The number of nitrogens with one attached hydrogen (secondary N) is 1. The van der Waals surface area contributed by atoms with Crippen molar-refractivity contribution in [1.29, 1.82) is 0 Å². The molecule has 0 bridgehead atoms. The smallest absolute Gasteiger partial charge is 0.0844 e. The fourth-order valence-electron chi connectivity index (χ4n) is 2.46. The first-order valence-electron chi connectivity index (χ1n) is 5.83. The molecule has 0 spiro atoms. The second-order valence-corrected chi connectivity index (χ2v) is 5.96. The summed E-state index contributed by atoms with van der Waals surface area (Å²) >= 11 is 0.952. The molecule has 0 radical (unpaired) electrons. The van der Waals surface area contributed by atoms with Crippen molar-refractivity contribution in [2.45, 2.75) is 25.5 Å². The van der Waals surface area contributed by atoms with Crippen LogP contribution >= 0.6 is 15.9 Å². The third-order valence-corrected chi connectivity index (χ3v) is 4.32. The first kappa shape index (κ1) is 14.1. The van der Waals surface area contributed by atoms with E-state index in [-0.39, 0.29) is 18.1 Å². The molecule has 2 rings (SSSR count). The predicted molar refractivity (Wildman–Crippen MR) is 72.5 cm³/mol. The molecule has 100 valence electrons. The molecule has 1 aromatic carbocycles. The van der Waals surface area contributed by atoms with Crippen LogP contribution < -0.4 is 5.32 Å². The van der Waals surface area contributed by atoms with E-state index < -0.39 is 11.4 Å². The minimum absolute atomic E-state index is 0.150. The molecule has 1 aliphatic heterocycles. The largest absolute Gasteiger partial charge is 0.750 e. The van der Waals surface area contributed by atoms with Crippen LogP contribution in [0, 0.1) is 5.92 Å². The van der Waals surface area contributed by atoms with Crippen molar-refractivity contribution >= 4 is 27.3 Å². The molecular weight excluding hydrogens is 318 g/mol. The quantitative estimate of drug-likeness (QED) is 0.859. The van der Waals surface area contributed by atoms with Gasteiger partial charge >= 0.3 is 0 Å². The van der Waals surface area contributed by atoms with Gasteiger partial charge in [0.1, 0.15) is 0 Å². The van der Waals surface area contributed by atoms with Gasteiger partial charge in [0.15, 0.2) is 0 Å². The summed E-state index contributed by atoms with van der Waals surface area (Å²) in [7, 11) is 0. The minimum Gasteiger partial charge on any atom is -0.750 e. The van der Waals surface area contributed by atoms with Crippen LogP contribution in [0.5, 0.6) is 0 Å². The van der Waals surface area contributed by atoms with E-state index in [4.69, 9.17) is 4.18 Å². The van der Waals surface area contributed by atoms with Gasteiger partial charge < -0.3 is 9.87 Å². The van der Waals surface area contributed by atoms with Gasteiger partial charge in [-0.1, -0.05) is 28.1 Å². The molecule has 1 aromatic rings. The number of rotatable bonds is 4. The van der Waals surface area contributed by atoms with Crippen LogP contribution in [0.3, 0.4) is 0 Å². The predicted octanol–water partition coefficient (Wildman–Crippen LogP) is 2.30. The van der Waals surface area contributed by atoms with Crippen LogP contribution in [0.2, 0.25) is 0 Å². The van der Waals surface area contributed by atoms with Gasteiger partial charge in [0, 0.05) is 16.4 Å². The third kappa shape index (κ3) is 3.39. The summed E-state index contributed by atoms with van der Waals surface area (Å²) < 4.78 is 27.1. The second kappa shape index (κ2) is 6.25. The summed E-state index contributed by atoms with van der Waals surface area (Å²) in [5.41, 5.74) is 1.16. The summed E-state index contributed by atoms with van der Waals surface area (Å²) in [6, 6.07) is 8.21. The molecular formula is C12H15BrNO3S-. The van der Waals surface area contributed by atoms with Gasteiger partial charge in [-0.2, -0.15) is 0 Å². The first-order chi connectivity index (χ1) is 8.58.